The average Bonchev–Trinajstić information content (AvgIpc) is 3.17. The normalized spacial score (nSPS) is 15.2. The number of carbonyl (C=O) groups excluding carboxylic acids is 1. The van der Waals surface area contributed by atoms with Gasteiger partial charge in [0.05, 0.1) is 12.0 Å². The molecule has 1 aromatic heterocycles. The summed E-state index contributed by atoms with van der Waals surface area (Å²) in [5, 5.41) is 3.99. The molecule has 10 heteroatoms. The van der Waals surface area contributed by atoms with Crippen LogP contribution in [0, 0.1) is 6.92 Å². The van der Waals surface area contributed by atoms with Gasteiger partial charge in [-0.1, -0.05) is 22.9 Å². The van der Waals surface area contributed by atoms with Crippen LogP contribution in [0.4, 0.5) is 0 Å². The van der Waals surface area contributed by atoms with Gasteiger partial charge in [-0.2, -0.15) is 9.29 Å². The lowest BCUT2D eigenvalue weighted by atomic mass is 10.2. The summed E-state index contributed by atoms with van der Waals surface area (Å²) in [6.45, 7) is 3.43. The van der Waals surface area contributed by atoms with E-state index in [1.807, 2.05) is 31.2 Å². The molecule has 1 fully saturated rings. The second-order valence-electron chi connectivity index (χ2n) is 8.19. The topological polar surface area (TPSA) is 106 Å². The minimum absolute atomic E-state index is 0.0567. The first-order valence-electron chi connectivity index (χ1n) is 11.2. The van der Waals surface area contributed by atoms with Gasteiger partial charge < -0.3 is 14.2 Å². The number of hydrogen-bond donors (Lipinski definition) is 0. The molecule has 0 bridgehead atoms. The SMILES string of the molecule is COc1ccc(-c2noc(CCC(=O)N3CCCN(S(=O)(=O)c4ccc(C)cc4)CC3)n2)cc1. The molecule has 1 aliphatic heterocycles. The molecule has 2 aromatic carbocycles. The van der Waals surface area contributed by atoms with Crippen molar-refractivity contribution >= 4 is 15.9 Å². The Hall–Kier alpha value is -3.24. The smallest absolute Gasteiger partial charge is 0.243 e. The number of amides is 1. The highest BCUT2D eigenvalue weighted by Crippen LogP contribution is 2.21. The molecule has 4 rings (SSSR count). The van der Waals surface area contributed by atoms with Gasteiger partial charge in [0.25, 0.3) is 0 Å². The fraction of sp³-hybridized carbons (Fsp3) is 0.375. The number of benzene rings is 2. The van der Waals surface area contributed by atoms with E-state index in [0.29, 0.717) is 44.2 Å². The Morgan fingerprint density at radius 2 is 1.76 bits per heavy atom. The van der Waals surface area contributed by atoms with Gasteiger partial charge >= 0.3 is 0 Å². The Labute approximate surface area is 199 Å². The summed E-state index contributed by atoms with van der Waals surface area (Å²) in [4.78, 5) is 19.2. The minimum Gasteiger partial charge on any atom is -0.497 e. The Morgan fingerprint density at radius 1 is 1.03 bits per heavy atom. The number of aromatic nitrogens is 2. The first-order valence-corrected chi connectivity index (χ1v) is 12.6. The van der Waals surface area contributed by atoms with Crippen molar-refractivity contribution < 1.29 is 22.5 Å². The Morgan fingerprint density at radius 3 is 2.47 bits per heavy atom. The molecule has 9 nitrogen and oxygen atoms in total. The first kappa shape index (κ1) is 23.9. The Kier molecular flexibility index (Phi) is 7.28. The fourth-order valence-corrected chi connectivity index (χ4v) is 5.30. The number of methoxy groups -OCH3 is 1. The van der Waals surface area contributed by atoms with Crippen LogP contribution in [0.2, 0.25) is 0 Å². The van der Waals surface area contributed by atoms with E-state index in [1.54, 1.807) is 36.3 Å². The molecular formula is C24H28N4O5S. The summed E-state index contributed by atoms with van der Waals surface area (Å²) >= 11 is 0. The predicted octanol–water partition coefficient (Wildman–Crippen LogP) is 2.91. The molecule has 0 saturated carbocycles. The molecule has 34 heavy (non-hydrogen) atoms. The quantitative estimate of drug-likeness (QED) is 0.508. The molecule has 1 amide bonds. The molecule has 1 saturated heterocycles. The highest BCUT2D eigenvalue weighted by molar-refractivity contribution is 7.89. The lowest BCUT2D eigenvalue weighted by molar-refractivity contribution is -0.131. The molecular weight excluding hydrogens is 456 g/mol. The highest BCUT2D eigenvalue weighted by Gasteiger charge is 2.28. The summed E-state index contributed by atoms with van der Waals surface area (Å²) in [5.41, 5.74) is 1.80. The van der Waals surface area contributed by atoms with E-state index in [1.165, 1.54) is 4.31 Å². The summed E-state index contributed by atoms with van der Waals surface area (Å²) in [5.74, 6) is 1.52. The maximum absolute atomic E-state index is 13.0. The first-order chi connectivity index (χ1) is 16.4. The van der Waals surface area contributed by atoms with Crippen LogP contribution in [0.5, 0.6) is 5.75 Å². The van der Waals surface area contributed by atoms with Crippen LogP contribution in [0.3, 0.4) is 0 Å². The second-order valence-corrected chi connectivity index (χ2v) is 10.1. The van der Waals surface area contributed by atoms with Gasteiger partial charge in [0.15, 0.2) is 0 Å². The standard InChI is InChI=1S/C24H28N4O5S/c1-18-4-10-21(11-5-18)34(30,31)28-15-3-14-27(16-17-28)23(29)13-12-22-25-24(26-33-22)19-6-8-20(32-2)9-7-19/h4-11H,3,12-17H2,1-2H3. The number of rotatable bonds is 7. The largest absolute Gasteiger partial charge is 0.497 e. The van der Waals surface area contributed by atoms with Crippen molar-refractivity contribution in [3.05, 3.63) is 60.0 Å². The fourth-order valence-electron chi connectivity index (χ4n) is 3.83. The second kappa shape index (κ2) is 10.4. The van der Waals surface area contributed by atoms with Crippen molar-refractivity contribution in [1.29, 1.82) is 0 Å². The van der Waals surface area contributed by atoms with Crippen LogP contribution in [0.15, 0.2) is 57.9 Å². The van der Waals surface area contributed by atoms with Crippen LogP contribution in [0.25, 0.3) is 11.4 Å². The van der Waals surface area contributed by atoms with E-state index < -0.39 is 10.0 Å². The zero-order chi connectivity index (χ0) is 24.1. The van der Waals surface area contributed by atoms with Crippen LogP contribution in [-0.4, -0.2) is 67.0 Å². The molecule has 0 radical (unpaired) electrons. The maximum atomic E-state index is 13.0. The average molecular weight is 485 g/mol. The van der Waals surface area contributed by atoms with Crippen LogP contribution in [0.1, 0.15) is 24.3 Å². The number of carbonyl (C=O) groups is 1. The van der Waals surface area contributed by atoms with Gasteiger partial charge in [-0.05, 0) is 49.7 Å². The maximum Gasteiger partial charge on any atom is 0.243 e. The Bertz CT molecular complexity index is 1220. The number of sulfonamides is 1. The minimum atomic E-state index is -3.58. The predicted molar refractivity (Wildman–Crippen MR) is 126 cm³/mol. The molecule has 180 valence electrons. The van der Waals surface area contributed by atoms with Crippen molar-refractivity contribution in [2.24, 2.45) is 0 Å². The number of nitrogens with zero attached hydrogens (tertiary/aromatic N) is 4. The van der Waals surface area contributed by atoms with E-state index in [0.717, 1.165) is 16.9 Å². The van der Waals surface area contributed by atoms with Crippen molar-refractivity contribution in [1.82, 2.24) is 19.3 Å². The van der Waals surface area contributed by atoms with Gasteiger partial charge in [-0.15, -0.1) is 0 Å². The van der Waals surface area contributed by atoms with Gasteiger partial charge in [0, 0.05) is 44.6 Å². The molecule has 3 aromatic rings. The van der Waals surface area contributed by atoms with Crippen LogP contribution in [-0.2, 0) is 21.2 Å². The van der Waals surface area contributed by atoms with E-state index in [-0.39, 0.29) is 23.8 Å². The summed E-state index contributed by atoms with van der Waals surface area (Å²) in [7, 11) is -1.98. The third kappa shape index (κ3) is 5.45. The highest BCUT2D eigenvalue weighted by atomic mass is 32.2. The monoisotopic (exact) mass is 484 g/mol. The third-order valence-electron chi connectivity index (χ3n) is 5.84. The molecule has 0 N–H and O–H groups in total. The number of ether oxygens (including phenoxy) is 1. The van der Waals surface area contributed by atoms with E-state index in [2.05, 4.69) is 10.1 Å². The molecule has 2 heterocycles. The van der Waals surface area contributed by atoms with E-state index in [9.17, 15) is 13.2 Å². The third-order valence-corrected chi connectivity index (χ3v) is 7.75. The lowest BCUT2D eigenvalue weighted by Crippen LogP contribution is -2.37. The lowest BCUT2D eigenvalue weighted by Gasteiger charge is -2.22. The molecule has 0 aliphatic carbocycles. The van der Waals surface area contributed by atoms with Crippen LogP contribution >= 0.6 is 0 Å². The van der Waals surface area contributed by atoms with Crippen molar-refractivity contribution in [2.75, 3.05) is 33.3 Å². The number of hydrogen-bond acceptors (Lipinski definition) is 7. The van der Waals surface area contributed by atoms with Crippen molar-refractivity contribution in [3.63, 3.8) is 0 Å². The molecule has 1 aliphatic rings. The van der Waals surface area contributed by atoms with Crippen molar-refractivity contribution in [2.45, 2.75) is 31.1 Å². The summed E-state index contributed by atoms with van der Waals surface area (Å²) < 4.78 is 37.9. The molecule has 0 atom stereocenters. The van der Waals surface area contributed by atoms with Crippen molar-refractivity contribution in [3.8, 4) is 17.1 Å². The van der Waals surface area contributed by atoms with Gasteiger partial charge in [0.1, 0.15) is 5.75 Å². The van der Waals surface area contributed by atoms with Crippen LogP contribution < -0.4 is 4.74 Å². The van der Waals surface area contributed by atoms with E-state index >= 15 is 0 Å². The molecule has 0 spiro atoms. The number of aryl methyl sites for hydroxylation is 2. The zero-order valence-electron chi connectivity index (χ0n) is 19.3. The zero-order valence-corrected chi connectivity index (χ0v) is 20.1. The van der Waals surface area contributed by atoms with Gasteiger partial charge in [-0.25, -0.2) is 8.42 Å². The summed E-state index contributed by atoms with van der Waals surface area (Å²) in [6.07, 6.45) is 1.12. The summed E-state index contributed by atoms with van der Waals surface area (Å²) in [6, 6.07) is 14.1. The van der Waals surface area contributed by atoms with Gasteiger partial charge in [0.2, 0.25) is 27.6 Å². The van der Waals surface area contributed by atoms with Gasteiger partial charge in [-0.3, -0.25) is 4.79 Å². The Balaban J connectivity index is 1.32. The molecule has 0 unspecified atom stereocenters. The van der Waals surface area contributed by atoms with E-state index in [4.69, 9.17) is 9.26 Å².